The van der Waals surface area contributed by atoms with Crippen LogP contribution in [0.25, 0.3) is 0 Å². The second-order valence-electron chi connectivity index (χ2n) is 2.74. The van der Waals surface area contributed by atoms with Crippen molar-refractivity contribution < 1.29 is 27.8 Å². The zero-order valence-corrected chi connectivity index (χ0v) is 7.97. The lowest BCUT2D eigenvalue weighted by atomic mass is 10.3. The largest absolute Gasteiger partial charge is 0.447 e. The number of anilines is 1. The Balaban J connectivity index is 2.71. The molecule has 0 aliphatic carbocycles. The van der Waals surface area contributed by atoms with Gasteiger partial charge in [-0.3, -0.25) is 5.32 Å². The van der Waals surface area contributed by atoms with Crippen molar-refractivity contribution in [2.75, 3.05) is 18.5 Å². The van der Waals surface area contributed by atoms with Crippen LogP contribution in [-0.2, 0) is 4.74 Å². The van der Waals surface area contributed by atoms with Gasteiger partial charge in [0.2, 0.25) is 0 Å². The topological polar surface area (TPSA) is 58.6 Å². The molecule has 0 aliphatic rings. The lowest BCUT2D eigenvalue weighted by molar-refractivity contribution is 0.131. The van der Waals surface area contributed by atoms with Crippen LogP contribution in [-0.4, -0.2) is 24.4 Å². The fourth-order valence-corrected chi connectivity index (χ4v) is 0.920. The molecule has 1 rings (SSSR count). The molecule has 1 aromatic rings. The molecule has 0 atom stereocenters. The van der Waals surface area contributed by atoms with Gasteiger partial charge in [-0.1, -0.05) is 0 Å². The van der Waals surface area contributed by atoms with E-state index in [0.717, 1.165) is 0 Å². The highest BCUT2D eigenvalue weighted by Gasteiger charge is 2.12. The summed E-state index contributed by atoms with van der Waals surface area (Å²) in [5, 5.41) is 10.3. The Labute approximate surface area is 88.6 Å². The van der Waals surface area contributed by atoms with Gasteiger partial charge in [0, 0.05) is 12.1 Å². The summed E-state index contributed by atoms with van der Waals surface area (Å²) in [6, 6.07) is 1.22. The molecule has 0 radical (unpaired) electrons. The van der Waals surface area contributed by atoms with Crippen LogP contribution in [0.15, 0.2) is 12.1 Å². The number of rotatable bonds is 3. The van der Waals surface area contributed by atoms with E-state index in [-0.39, 0.29) is 18.9 Å². The van der Waals surface area contributed by atoms with Crippen LogP contribution >= 0.6 is 0 Å². The summed E-state index contributed by atoms with van der Waals surface area (Å²) in [6.45, 7) is -0.627. The van der Waals surface area contributed by atoms with Crippen molar-refractivity contribution in [2.45, 2.75) is 0 Å². The first-order valence-corrected chi connectivity index (χ1v) is 4.23. The van der Waals surface area contributed by atoms with Gasteiger partial charge in [-0.15, -0.1) is 0 Å². The number of carbonyl (C=O) groups is 1. The second kappa shape index (κ2) is 5.36. The van der Waals surface area contributed by atoms with E-state index in [1.54, 1.807) is 0 Å². The summed E-state index contributed by atoms with van der Waals surface area (Å²) in [7, 11) is 0. The Morgan fingerprint density at radius 3 is 2.38 bits per heavy atom. The van der Waals surface area contributed by atoms with E-state index in [0.29, 0.717) is 12.1 Å². The second-order valence-corrected chi connectivity index (χ2v) is 2.74. The molecule has 0 heterocycles. The SMILES string of the molecule is O=C(Nc1cc(F)c(F)c(F)c1)OCCO. The van der Waals surface area contributed by atoms with Crippen molar-refractivity contribution in [2.24, 2.45) is 0 Å². The van der Waals surface area contributed by atoms with Crippen molar-refractivity contribution in [3.05, 3.63) is 29.6 Å². The van der Waals surface area contributed by atoms with E-state index < -0.39 is 23.5 Å². The average molecular weight is 235 g/mol. The number of hydrogen-bond donors (Lipinski definition) is 2. The van der Waals surface area contributed by atoms with Gasteiger partial charge in [0.1, 0.15) is 6.61 Å². The lowest BCUT2D eigenvalue weighted by Gasteiger charge is -2.06. The first kappa shape index (κ1) is 12.3. The predicted octanol–water partition coefficient (Wildman–Crippen LogP) is 1.64. The number of aliphatic hydroxyl groups is 1. The zero-order chi connectivity index (χ0) is 12.1. The number of amides is 1. The highest BCUT2D eigenvalue weighted by atomic mass is 19.2. The highest BCUT2D eigenvalue weighted by molar-refractivity contribution is 5.84. The molecule has 16 heavy (non-hydrogen) atoms. The smallest absolute Gasteiger partial charge is 0.411 e. The number of aliphatic hydroxyl groups excluding tert-OH is 1. The minimum Gasteiger partial charge on any atom is -0.447 e. The Bertz CT molecular complexity index is 375. The van der Waals surface area contributed by atoms with Gasteiger partial charge < -0.3 is 9.84 Å². The summed E-state index contributed by atoms with van der Waals surface area (Å²) in [5.41, 5.74) is -0.278. The quantitative estimate of drug-likeness (QED) is 0.783. The Kier molecular flexibility index (Phi) is 4.12. The van der Waals surface area contributed by atoms with Gasteiger partial charge in [0.25, 0.3) is 0 Å². The fraction of sp³-hybridized carbons (Fsp3) is 0.222. The van der Waals surface area contributed by atoms with E-state index in [4.69, 9.17) is 5.11 Å². The van der Waals surface area contributed by atoms with Crippen molar-refractivity contribution in [1.29, 1.82) is 0 Å². The summed E-state index contributed by atoms with van der Waals surface area (Å²) in [6.07, 6.45) is -1.00. The van der Waals surface area contributed by atoms with Crippen LogP contribution in [0.1, 0.15) is 0 Å². The molecule has 4 nitrogen and oxygen atoms in total. The van der Waals surface area contributed by atoms with Crippen molar-refractivity contribution in [3.63, 3.8) is 0 Å². The molecule has 88 valence electrons. The number of benzene rings is 1. The monoisotopic (exact) mass is 235 g/mol. The first-order valence-electron chi connectivity index (χ1n) is 4.23. The van der Waals surface area contributed by atoms with Crippen LogP contribution in [0.2, 0.25) is 0 Å². The molecular formula is C9H8F3NO3. The third-order valence-electron chi connectivity index (χ3n) is 1.55. The first-order chi connectivity index (χ1) is 7.54. The minimum atomic E-state index is -1.62. The maximum Gasteiger partial charge on any atom is 0.411 e. The number of halogens is 3. The molecule has 1 aromatic carbocycles. The van der Waals surface area contributed by atoms with Crippen LogP contribution in [0, 0.1) is 17.5 Å². The predicted molar refractivity (Wildman–Crippen MR) is 48.4 cm³/mol. The molecule has 7 heteroatoms. The van der Waals surface area contributed by atoms with Crippen LogP contribution in [0.5, 0.6) is 0 Å². The number of ether oxygens (including phenoxy) is 1. The summed E-state index contributed by atoms with van der Waals surface area (Å²) >= 11 is 0. The number of nitrogens with one attached hydrogen (secondary N) is 1. The van der Waals surface area contributed by atoms with Gasteiger partial charge >= 0.3 is 6.09 Å². The molecular weight excluding hydrogens is 227 g/mol. The third-order valence-corrected chi connectivity index (χ3v) is 1.55. The maximum atomic E-state index is 12.7. The Hall–Kier alpha value is -1.76. The minimum absolute atomic E-state index is 0.252. The Morgan fingerprint density at radius 1 is 1.31 bits per heavy atom. The van der Waals surface area contributed by atoms with E-state index >= 15 is 0 Å². The van der Waals surface area contributed by atoms with Gasteiger partial charge in [-0.25, -0.2) is 18.0 Å². The van der Waals surface area contributed by atoms with Gasteiger partial charge in [0.05, 0.1) is 12.3 Å². The molecule has 0 bridgehead atoms. The van der Waals surface area contributed by atoms with Crippen molar-refractivity contribution in [3.8, 4) is 0 Å². The molecule has 0 fully saturated rings. The average Bonchev–Trinajstić information content (AvgIpc) is 2.23. The zero-order valence-electron chi connectivity index (χ0n) is 7.97. The van der Waals surface area contributed by atoms with Crippen LogP contribution in [0.4, 0.5) is 23.7 Å². The molecule has 0 saturated carbocycles. The Morgan fingerprint density at radius 2 is 1.88 bits per heavy atom. The molecule has 0 aromatic heterocycles. The van der Waals surface area contributed by atoms with Crippen LogP contribution < -0.4 is 5.32 Å². The van der Waals surface area contributed by atoms with E-state index in [1.165, 1.54) is 0 Å². The maximum absolute atomic E-state index is 12.7. The van der Waals surface area contributed by atoms with Gasteiger partial charge in [0.15, 0.2) is 17.5 Å². The highest BCUT2D eigenvalue weighted by Crippen LogP contribution is 2.17. The van der Waals surface area contributed by atoms with Gasteiger partial charge in [-0.2, -0.15) is 0 Å². The van der Waals surface area contributed by atoms with Crippen LogP contribution in [0.3, 0.4) is 0 Å². The normalized spacial score (nSPS) is 10.0. The molecule has 0 saturated heterocycles. The number of carbonyl (C=O) groups excluding carboxylic acids is 1. The van der Waals surface area contributed by atoms with E-state index in [1.807, 2.05) is 5.32 Å². The van der Waals surface area contributed by atoms with Crippen molar-refractivity contribution in [1.82, 2.24) is 0 Å². The standard InChI is InChI=1S/C9H8F3NO3/c10-6-3-5(4-7(11)8(6)12)13-9(15)16-2-1-14/h3-4,14H,1-2H2,(H,13,15). The van der Waals surface area contributed by atoms with E-state index in [9.17, 15) is 18.0 Å². The lowest BCUT2D eigenvalue weighted by Crippen LogP contribution is -2.16. The summed E-state index contributed by atoms with van der Waals surface area (Å²) < 4.78 is 42.3. The van der Waals surface area contributed by atoms with Gasteiger partial charge in [-0.05, 0) is 0 Å². The third kappa shape index (κ3) is 3.13. The number of hydrogen-bond acceptors (Lipinski definition) is 3. The molecule has 0 spiro atoms. The summed E-state index contributed by atoms with van der Waals surface area (Å²) in [5.74, 6) is -4.45. The molecule has 1 amide bonds. The van der Waals surface area contributed by atoms with E-state index in [2.05, 4.69) is 4.74 Å². The van der Waals surface area contributed by atoms with Crippen molar-refractivity contribution >= 4 is 11.8 Å². The molecule has 0 aliphatic heterocycles. The molecule has 0 unspecified atom stereocenters. The molecule has 2 N–H and O–H groups in total. The summed E-state index contributed by atoms with van der Waals surface area (Å²) in [4.78, 5) is 10.9. The fourth-order valence-electron chi connectivity index (χ4n) is 0.920.